The number of H-pyrrole nitrogens is 1. The first-order valence-corrected chi connectivity index (χ1v) is 13.2. The number of carboxylic acids is 1. The minimum absolute atomic E-state index is 0.0925. The topological polar surface area (TPSA) is 187 Å². The van der Waals surface area contributed by atoms with E-state index < -0.39 is 47.9 Å². The molecule has 0 aliphatic rings. The van der Waals surface area contributed by atoms with Crippen LogP contribution >= 0.6 is 0 Å². The summed E-state index contributed by atoms with van der Waals surface area (Å²) in [6.45, 7) is 4.97. The molecule has 5 atom stereocenters. The van der Waals surface area contributed by atoms with E-state index >= 15 is 0 Å². The molecule has 8 N–H and O–H groups in total. The van der Waals surface area contributed by atoms with Crippen molar-refractivity contribution in [2.45, 2.75) is 64.2 Å². The van der Waals surface area contributed by atoms with Gasteiger partial charge in [-0.1, -0.05) is 50.6 Å². The first-order valence-electron chi connectivity index (χ1n) is 13.2. The normalized spacial score (nSPS) is 14.9. The number of hydrogen-bond donors (Lipinski definition) is 7. The fraction of sp³-hybridized carbons (Fsp3) is 0.379. The van der Waals surface area contributed by atoms with Crippen molar-refractivity contribution >= 4 is 34.6 Å². The van der Waals surface area contributed by atoms with E-state index in [1.165, 1.54) is 19.1 Å². The molecule has 3 aromatic rings. The van der Waals surface area contributed by atoms with E-state index in [2.05, 4.69) is 20.9 Å². The third kappa shape index (κ3) is 7.82. The Labute approximate surface area is 232 Å². The summed E-state index contributed by atoms with van der Waals surface area (Å²) in [6.07, 6.45) is 2.60. The van der Waals surface area contributed by atoms with Crippen LogP contribution in [0.1, 0.15) is 38.3 Å². The van der Waals surface area contributed by atoms with Crippen molar-refractivity contribution in [3.63, 3.8) is 0 Å². The Balaban J connectivity index is 1.83. The zero-order valence-electron chi connectivity index (χ0n) is 22.8. The van der Waals surface area contributed by atoms with E-state index in [-0.39, 0.29) is 24.5 Å². The van der Waals surface area contributed by atoms with Crippen molar-refractivity contribution in [1.82, 2.24) is 20.9 Å². The number of aromatic nitrogens is 1. The quantitative estimate of drug-likeness (QED) is 0.168. The number of rotatable bonds is 13. The molecule has 3 amide bonds. The molecule has 0 aliphatic carbocycles. The Morgan fingerprint density at radius 1 is 0.900 bits per heavy atom. The first-order chi connectivity index (χ1) is 19.0. The number of aliphatic carboxylic acids is 1. The van der Waals surface area contributed by atoms with E-state index in [9.17, 15) is 29.4 Å². The van der Waals surface area contributed by atoms with Crippen LogP contribution in [0.4, 0.5) is 0 Å². The van der Waals surface area contributed by atoms with Crippen molar-refractivity contribution < 1.29 is 29.4 Å². The maximum Gasteiger partial charge on any atom is 0.325 e. The Hall–Kier alpha value is -4.38. The molecule has 11 heteroatoms. The summed E-state index contributed by atoms with van der Waals surface area (Å²) in [6, 6.07) is 9.64. The van der Waals surface area contributed by atoms with Crippen LogP contribution in [-0.2, 0) is 32.0 Å². The third-order valence-electron chi connectivity index (χ3n) is 6.98. The van der Waals surface area contributed by atoms with Crippen molar-refractivity contribution in [2.24, 2.45) is 11.7 Å². The van der Waals surface area contributed by atoms with Gasteiger partial charge in [-0.25, -0.2) is 0 Å². The van der Waals surface area contributed by atoms with Crippen LogP contribution in [0.25, 0.3) is 10.9 Å². The van der Waals surface area contributed by atoms with Crippen molar-refractivity contribution in [3.05, 3.63) is 65.9 Å². The number of aromatic hydroxyl groups is 1. The number of benzene rings is 2. The molecule has 0 aliphatic heterocycles. The smallest absolute Gasteiger partial charge is 0.325 e. The molecule has 0 fully saturated rings. The third-order valence-corrected chi connectivity index (χ3v) is 6.98. The van der Waals surface area contributed by atoms with Crippen LogP contribution in [0.2, 0.25) is 0 Å². The molecule has 1 heterocycles. The molecule has 0 saturated carbocycles. The minimum atomic E-state index is -1.20. The van der Waals surface area contributed by atoms with Crippen LogP contribution < -0.4 is 21.7 Å². The van der Waals surface area contributed by atoms with Crippen molar-refractivity contribution in [1.29, 1.82) is 0 Å². The Bertz CT molecular complexity index is 1340. The van der Waals surface area contributed by atoms with Crippen LogP contribution in [0.5, 0.6) is 5.75 Å². The number of carbonyl (C=O) groups excluding carboxylic acids is 3. The number of carbonyl (C=O) groups is 4. The van der Waals surface area contributed by atoms with E-state index in [1.807, 2.05) is 31.2 Å². The summed E-state index contributed by atoms with van der Waals surface area (Å²) in [5.41, 5.74) is 8.56. The lowest BCUT2D eigenvalue weighted by atomic mass is 9.96. The zero-order chi connectivity index (χ0) is 29.4. The number of carboxylic acid groups (broad SMARTS) is 1. The Morgan fingerprint density at radius 2 is 1.57 bits per heavy atom. The average Bonchev–Trinajstić information content (AvgIpc) is 3.34. The van der Waals surface area contributed by atoms with Crippen LogP contribution in [0.15, 0.2) is 54.7 Å². The second kappa shape index (κ2) is 13.6. The van der Waals surface area contributed by atoms with E-state index in [0.29, 0.717) is 6.42 Å². The Morgan fingerprint density at radius 3 is 2.23 bits per heavy atom. The van der Waals surface area contributed by atoms with E-state index in [0.717, 1.165) is 22.0 Å². The summed E-state index contributed by atoms with van der Waals surface area (Å²) in [4.78, 5) is 54.1. The number of amides is 3. The van der Waals surface area contributed by atoms with Crippen molar-refractivity contribution in [2.75, 3.05) is 0 Å². The molecule has 0 spiro atoms. The fourth-order valence-corrected chi connectivity index (χ4v) is 4.31. The number of hydrogen-bond acceptors (Lipinski definition) is 6. The molecule has 11 nitrogen and oxygen atoms in total. The average molecular weight is 552 g/mol. The monoisotopic (exact) mass is 551 g/mol. The minimum Gasteiger partial charge on any atom is -0.508 e. The van der Waals surface area contributed by atoms with E-state index in [1.54, 1.807) is 25.3 Å². The number of nitrogens with two attached hydrogens (primary N) is 1. The Kier molecular flexibility index (Phi) is 10.3. The molecule has 0 bridgehead atoms. The standard InChI is InChI=1S/C29H37N5O6/c1-4-16(2)25(28(38)32-17(3)29(39)40)34-27(37)24(14-19-15-31-23-8-6-5-7-21(19)23)33-26(36)22(30)13-18-9-11-20(35)12-10-18/h5-12,15-17,22,24-25,31,35H,4,13-14,30H2,1-3H3,(H,32,38)(H,33,36)(H,34,37)(H,39,40). The molecule has 5 unspecified atom stereocenters. The van der Waals surface area contributed by atoms with Gasteiger partial charge in [0.25, 0.3) is 0 Å². The predicted molar refractivity (Wildman–Crippen MR) is 150 cm³/mol. The molecule has 2 aromatic carbocycles. The molecule has 0 saturated heterocycles. The molecule has 40 heavy (non-hydrogen) atoms. The lowest BCUT2D eigenvalue weighted by Gasteiger charge is -2.27. The number of aromatic amines is 1. The summed E-state index contributed by atoms with van der Waals surface area (Å²) in [5.74, 6) is -3.20. The number of nitrogens with one attached hydrogen (secondary N) is 4. The molecule has 1 aromatic heterocycles. The molecule has 214 valence electrons. The number of para-hydroxylation sites is 1. The largest absolute Gasteiger partial charge is 0.508 e. The van der Waals surface area contributed by atoms with Gasteiger partial charge in [0.2, 0.25) is 17.7 Å². The highest BCUT2D eigenvalue weighted by Crippen LogP contribution is 2.20. The maximum atomic E-state index is 13.6. The second-order valence-electron chi connectivity index (χ2n) is 10.0. The highest BCUT2D eigenvalue weighted by molar-refractivity contribution is 5.95. The summed E-state index contributed by atoms with van der Waals surface area (Å²) >= 11 is 0. The van der Waals surface area contributed by atoms with Gasteiger partial charge in [0, 0.05) is 23.5 Å². The summed E-state index contributed by atoms with van der Waals surface area (Å²) < 4.78 is 0. The maximum absolute atomic E-state index is 13.6. The van der Waals surface area contributed by atoms with Gasteiger partial charge >= 0.3 is 5.97 Å². The highest BCUT2D eigenvalue weighted by atomic mass is 16.4. The van der Waals surface area contributed by atoms with Crippen LogP contribution in [0.3, 0.4) is 0 Å². The molecular formula is C29H37N5O6. The van der Waals surface area contributed by atoms with E-state index in [4.69, 9.17) is 5.73 Å². The summed E-state index contributed by atoms with van der Waals surface area (Å²) in [7, 11) is 0. The molecule has 0 radical (unpaired) electrons. The number of fused-ring (bicyclic) bond motifs is 1. The number of phenolic OH excluding ortho intramolecular Hbond substituents is 1. The van der Waals surface area contributed by atoms with Crippen molar-refractivity contribution in [3.8, 4) is 5.75 Å². The SMILES string of the molecule is CCC(C)C(NC(=O)C(Cc1c[nH]c2ccccc12)NC(=O)C(N)Cc1ccc(O)cc1)C(=O)NC(C)C(=O)O. The van der Waals surface area contributed by atoms with Gasteiger partial charge in [0.15, 0.2) is 0 Å². The van der Waals surface area contributed by atoms with Gasteiger partial charge in [0.05, 0.1) is 6.04 Å². The van der Waals surface area contributed by atoms with Gasteiger partial charge in [-0.05, 0) is 48.6 Å². The lowest BCUT2D eigenvalue weighted by molar-refractivity contribution is -0.142. The van der Waals surface area contributed by atoms with Gasteiger partial charge in [-0.3, -0.25) is 19.2 Å². The second-order valence-corrected chi connectivity index (χ2v) is 10.0. The van der Waals surface area contributed by atoms with Crippen LogP contribution in [-0.4, -0.2) is 63.1 Å². The predicted octanol–water partition coefficient (Wildman–Crippen LogP) is 1.59. The summed E-state index contributed by atoms with van der Waals surface area (Å²) in [5, 5.41) is 27.5. The van der Waals surface area contributed by atoms with Crippen LogP contribution in [0, 0.1) is 5.92 Å². The lowest BCUT2D eigenvalue weighted by Crippen LogP contribution is -2.59. The van der Waals surface area contributed by atoms with Gasteiger partial charge in [0.1, 0.15) is 23.9 Å². The van der Waals surface area contributed by atoms with Gasteiger partial charge in [-0.2, -0.15) is 0 Å². The highest BCUT2D eigenvalue weighted by Gasteiger charge is 2.32. The number of phenols is 1. The fourth-order valence-electron chi connectivity index (χ4n) is 4.31. The van der Waals surface area contributed by atoms with Gasteiger partial charge in [-0.15, -0.1) is 0 Å². The van der Waals surface area contributed by atoms with Gasteiger partial charge < -0.3 is 36.9 Å². The molecular weight excluding hydrogens is 514 g/mol. The first kappa shape index (κ1) is 30.2. The molecule has 3 rings (SSSR count). The zero-order valence-corrected chi connectivity index (χ0v) is 22.8.